The molecule has 1 fully saturated rings. The highest BCUT2D eigenvalue weighted by atomic mass is 16.5. The van der Waals surface area contributed by atoms with Gasteiger partial charge in [0.25, 0.3) is 5.91 Å². The van der Waals surface area contributed by atoms with Gasteiger partial charge in [-0.2, -0.15) is 5.26 Å². The molecule has 1 N–H and O–H groups in total. The Hall–Kier alpha value is -2.88. The summed E-state index contributed by atoms with van der Waals surface area (Å²) in [5.74, 6) is -1.22. The molecule has 3 rings (SSSR count). The summed E-state index contributed by atoms with van der Waals surface area (Å²) in [6, 6.07) is 8.57. The summed E-state index contributed by atoms with van der Waals surface area (Å²) in [4.78, 5) is 37.5. The van der Waals surface area contributed by atoms with Crippen LogP contribution in [0.1, 0.15) is 24.0 Å². The number of hydrogen-bond acceptors (Lipinski definition) is 5. The normalized spacial score (nSPS) is 22.5. The van der Waals surface area contributed by atoms with Crippen molar-refractivity contribution >= 4 is 17.9 Å². The first-order chi connectivity index (χ1) is 11.1. The molecule has 0 aromatic heterocycles. The number of hydrogen-bond donors (Lipinski definition) is 1. The molecule has 1 spiro atoms. The maximum atomic E-state index is 12.8. The van der Waals surface area contributed by atoms with Gasteiger partial charge < -0.3 is 10.1 Å². The van der Waals surface area contributed by atoms with Gasteiger partial charge in [0.05, 0.1) is 0 Å². The Labute approximate surface area is 132 Å². The summed E-state index contributed by atoms with van der Waals surface area (Å²) >= 11 is 0. The molecule has 1 aromatic carbocycles. The second-order valence-electron chi connectivity index (χ2n) is 5.56. The molecule has 0 bridgehead atoms. The Morgan fingerprint density at radius 3 is 2.96 bits per heavy atom. The van der Waals surface area contributed by atoms with Gasteiger partial charge in [0.2, 0.25) is 0 Å². The number of nitrogens with one attached hydrogen (secondary N) is 1. The Morgan fingerprint density at radius 2 is 2.17 bits per heavy atom. The van der Waals surface area contributed by atoms with Crippen LogP contribution >= 0.6 is 0 Å². The van der Waals surface area contributed by atoms with E-state index in [2.05, 4.69) is 10.1 Å². The Kier molecular flexibility index (Phi) is 3.74. The number of nitriles is 1. The number of ether oxygens (including phenoxy) is 1. The maximum absolute atomic E-state index is 12.8. The van der Waals surface area contributed by atoms with Gasteiger partial charge in [-0.25, -0.2) is 4.79 Å². The van der Waals surface area contributed by atoms with Crippen LogP contribution in [0, 0.1) is 11.3 Å². The van der Waals surface area contributed by atoms with Crippen LogP contribution in [-0.2, 0) is 26.3 Å². The van der Waals surface area contributed by atoms with Gasteiger partial charge in [-0.1, -0.05) is 24.3 Å². The average Bonchev–Trinajstić information content (AvgIpc) is 2.78. The molecule has 3 amide bonds. The molecular formula is C16H15N3O4. The van der Waals surface area contributed by atoms with Crippen LogP contribution in [0.3, 0.4) is 0 Å². The predicted molar refractivity (Wildman–Crippen MR) is 77.9 cm³/mol. The van der Waals surface area contributed by atoms with Gasteiger partial charge in [0.15, 0.2) is 6.61 Å². The standard InChI is InChI=1S/C16H15N3O4/c17-8-9-23-13(20)10-19-14(21)16(18-15(19)22)7-3-5-11-4-1-2-6-12(11)16/h1-2,4,6H,3,5,7,9-10H2,(H,18,22). The number of benzene rings is 1. The zero-order valence-electron chi connectivity index (χ0n) is 12.4. The van der Waals surface area contributed by atoms with Crippen molar-refractivity contribution in [3.8, 4) is 6.07 Å². The summed E-state index contributed by atoms with van der Waals surface area (Å²) in [6.07, 6.45) is 2.12. The molecule has 1 unspecified atom stereocenters. The van der Waals surface area contributed by atoms with Crippen LogP contribution in [0.15, 0.2) is 24.3 Å². The summed E-state index contributed by atoms with van der Waals surface area (Å²) in [5.41, 5.74) is 0.723. The molecule has 118 valence electrons. The van der Waals surface area contributed by atoms with E-state index in [4.69, 9.17) is 5.26 Å². The van der Waals surface area contributed by atoms with E-state index >= 15 is 0 Å². The third kappa shape index (κ3) is 2.42. The van der Waals surface area contributed by atoms with Gasteiger partial charge in [0, 0.05) is 0 Å². The van der Waals surface area contributed by atoms with Crippen molar-refractivity contribution in [2.75, 3.05) is 13.2 Å². The molecule has 0 saturated carbocycles. The first-order valence-electron chi connectivity index (χ1n) is 7.33. The van der Waals surface area contributed by atoms with E-state index in [-0.39, 0.29) is 0 Å². The Bertz CT molecular complexity index is 724. The van der Waals surface area contributed by atoms with Gasteiger partial charge in [-0.05, 0) is 30.4 Å². The lowest BCUT2D eigenvalue weighted by Crippen LogP contribution is -2.46. The number of aryl methyl sites for hydroxylation is 1. The molecular weight excluding hydrogens is 298 g/mol. The van der Waals surface area contributed by atoms with Crippen molar-refractivity contribution in [2.24, 2.45) is 0 Å². The van der Waals surface area contributed by atoms with Crippen LogP contribution in [0.5, 0.6) is 0 Å². The first-order valence-corrected chi connectivity index (χ1v) is 7.33. The van der Waals surface area contributed by atoms with E-state index in [9.17, 15) is 14.4 Å². The Balaban J connectivity index is 1.88. The molecule has 2 aliphatic rings. The SMILES string of the molecule is N#CCOC(=O)CN1C(=O)NC2(CCCc3ccccc32)C1=O. The predicted octanol–water partition coefficient (Wildman–Crippen LogP) is 0.837. The van der Waals surface area contributed by atoms with Crippen molar-refractivity contribution in [2.45, 2.75) is 24.8 Å². The van der Waals surface area contributed by atoms with Crippen LogP contribution in [0.4, 0.5) is 4.79 Å². The molecule has 1 saturated heterocycles. The topological polar surface area (TPSA) is 99.5 Å². The van der Waals surface area contributed by atoms with Crippen LogP contribution < -0.4 is 5.32 Å². The minimum Gasteiger partial charge on any atom is -0.449 e. The summed E-state index contributed by atoms with van der Waals surface area (Å²) in [6.45, 7) is -0.896. The zero-order valence-corrected chi connectivity index (χ0v) is 12.4. The number of fused-ring (bicyclic) bond motifs is 2. The van der Waals surface area contributed by atoms with Crippen LogP contribution in [-0.4, -0.2) is 36.0 Å². The van der Waals surface area contributed by atoms with E-state index in [1.54, 1.807) is 6.07 Å². The minimum atomic E-state index is -1.10. The monoisotopic (exact) mass is 313 g/mol. The number of rotatable bonds is 3. The van der Waals surface area contributed by atoms with E-state index < -0.39 is 36.6 Å². The fraction of sp³-hybridized carbons (Fsp3) is 0.375. The lowest BCUT2D eigenvalue weighted by molar-refractivity contribution is -0.146. The van der Waals surface area contributed by atoms with Crippen molar-refractivity contribution in [3.05, 3.63) is 35.4 Å². The van der Waals surface area contributed by atoms with Gasteiger partial charge in [-0.3, -0.25) is 14.5 Å². The Morgan fingerprint density at radius 1 is 1.39 bits per heavy atom. The molecule has 1 aromatic rings. The van der Waals surface area contributed by atoms with E-state index in [0.29, 0.717) is 6.42 Å². The van der Waals surface area contributed by atoms with E-state index in [1.807, 2.05) is 24.3 Å². The number of carbonyl (C=O) groups excluding carboxylic acids is 3. The lowest BCUT2D eigenvalue weighted by Gasteiger charge is -2.33. The molecule has 1 aliphatic heterocycles. The highest BCUT2D eigenvalue weighted by molar-refractivity contribution is 6.09. The molecule has 23 heavy (non-hydrogen) atoms. The largest absolute Gasteiger partial charge is 0.449 e. The summed E-state index contributed by atoms with van der Waals surface area (Å²) in [5, 5.41) is 11.2. The number of carbonyl (C=O) groups is 3. The molecule has 7 heteroatoms. The van der Waals surface area contributed by atoms with E-state index in [1.165, 1.54) is 0 Å². The number of amides is 3. The molecule has 7 nitrogen and oxygen atoms in total. The molecule has 1 atom stereocenters. The highest BCUT2D eigenvalue weighted by Crippen LogP contribution is 2.39. The van der Waals surface area contributed by atoms with Gasteiger partial charge in [-0.15, -0.1) is 0 Å². The van der Waals surface area contributed by atoms with Crippen LogP contribution in [0.25, 0.3) is 0 Å². The van der Waals surface area contributed by atoms with Crippen LogP contribution in [0.2, 0.25) is 0 Å². The second-order valence-corrected chi connectivity index (χ2v) is 5.56. The smallest absolute Gasteiger partial charge is 0.327 e. The zero-order chi connectivity index (χ0) is 16.4. The van der Waals surface area contributed by atoms with Gasteiger partial charge in [0.1, 0.15) is 18.2 Å². The maximum Gasteiger partial charge on any atom is 0.327 e. The molecule has 0 radical (unpaired) electrons. The lowest BCUT2D eigenvalue weighted by atomic mass is 9.76. The molecule has 1 heterocycles. The first kappa shape index (κ1) is 15.0. The summed E-state index contributed by atoms with van der Waals surface area (Å²) in [7, 11) is 0. The van der Waals surface area contributed by atoms with Crippen molar-refractivity contribution < 1.29 is 19.1 Å². The van der Waals surface area contributed by atoms with Crippen molar-refractivity contribution in [1.29, 1.82) is 5.26 Å². The number of imide groups is 1. The fourth-order valence-corrected chi connectivity index (χ4v) is 3.24. The van der Waals surface area contributed by atoms with Gasteiger partial charge >= 0.3 is 12.0 Å². The fourth-order valence-electron chi connectivity index (χ4n) is 3.24. The van der Waals surface area contributed by atoms with Crippen molar-refractivity contribution in [3.63, 3.8) is 0 Å². The summed E-state index contributed by atoms with van der Waals surface area (Å²) < 4.78 is 4.62. The quantitative estimate of drug-likeness (QED) is 0.658. The van der Waals surface area contributed by atoms with E-state index in [0.717, 1.165) is 28.9 Å². The average molecular weight is 313 g/mol. The number of esters is 1. The number of nitrogens with zero attached hydrogens (tertiary/aromatic N) is 2. The van der Waals surface area contributed by atoms with Crippen molar-refractivity contribution in [1.82, 2.24) is 10.2 Å². The highest BCUT2D eigenvalue weighted by Gasteiger charge is 2.54. The second kappa shape index (κ2) is 5.72. The molecule has 1 aliphatic carbocycles. The third-order valence-electron chi connectivity index (χ3n) is 4.24. The minimum absolute atomic E-state index is 0.406. The third-order valence-corrected chi connectivity index (χ3v) is 4.24. The number of urea groups is 1.